The molecule has 0 spiro atoms. The third-order valence-corrected chi connectivity index (χ3v) is 4.51. The monoisotopic (exact) mass is 301 g/mol. The van der Waals surface area contributed by atoms with Crippen molar-refractivity contribution in [2.45, 2.75) is 63.3 Å². The SMILES string of the molecule is CC1CC(NC2CCC(Oc3ncccc3C#N)CC2)CO1. The van der Waals surface area contributed by atoms with Gasteiger partial charge in [-0.05, 0) is 51.2 Å². The lowest BCUT2D eigenvalue weighted by atomic mass is 9.92. The fourth-order valence-electron chi connectivity index (χ4n) is 3.34. The van der Waals surface area contributed by atoms with E-state index in [0.29, 0.717) is 29.6 Å². The second kappa shape index (κ2) is 7.08. The van der Waals surface area contributed by atoms with E-state index in [1.807, 2.05) is 0 Å². The average Bonchev–Trinajstić information content (AvgIpc) is 2.95. The zero-order valence-electron chi connectivity index (χ0n) is 13.0. The molecule has 2 heterocycles. The normalized spacial score (nSPS) is 31.6. The lowest BCUT2D eigenvalue weighted by molar-refractivity contribution is 0.115. The van der Waals surface area contributed by atoms with Gasteiger partial charge in [0.05, 0.1) is 12.7 Å². The number of nitriles is 1. The molecule has 22 heavy (non-hydrogen) atoms. The van der Waals surface area contributed by atoms with E-state index < -0.39 is 0 Å². The maximum Gasteiger partial charge on any atom is 0.231 e. The van der Waals surface area contributed by atoms with E-state index in [2.05, 4.69) is 23.3 Å². The van der Waals surface area contributed by atoms with Crippen LogP contribution in [-0.2, 0) is 4.74 Å². The van der Waals surface area contributed by atoms with Crippen LogP contribution in [0.1, 0.15) is 44.6 Å². The maximum atomic E-state index is 9.08. The first-order valence-corrected chi connectivity index (χ1v) is 8.14. The summed E-state index contributed by atoms with van der Waals surface area (Å²) < 4.78 is 11.5. The van der Waals surface area contributed by atoms with Crippen LogP contribution in [0.4, 0.5) is 0 Å². The van der Waals surface area contributed by atoms with Crippen molar-refractivity contribution in [3.63, 3.8) is 0 Å². The highest BCUT2D eigenvalue weighted by molar-refractivity contribution is 5.37. The van der Waals surface area contributed by atoms with Crippen molar-refractivity contribution in [1.82, 2.24) is 10.3 Å². The molecule has 3 rings (SSSR count). The van der Waals surface area contributed by atoms with Crippen LogP contribution in [0, 0.1) is 11.3 Å². The predicted molar refractivity (Wildman–Crippen MR) is 82.6 cm³/mol. The lowest BCUT2D eigenvalue weighted by Gasteiger charge is -2.31. The second-order valence-corrected chi connectivity index (χ2v) is 6.30. The van der Waals surface area contributed by atoms with Gasteiger partial charge in [-0.3, -0.25) is 0 Å². The van der Waals surface area contributed by atoms with E-state index in [1.54, 1.807) is 18.3 Å². The van der Waals surface area contributed by atoms with E-state index in [9.17, 15) is 0 Å². The Balaban J connectivity index is 1.47. The van der Waals surface area contributed by atoms with Crippen LogP contribution in [0.2, 0.25) is 0 Å². The van der Waals surface area contributed by atoms with Gasteiger partial charge in [0.25, 0.3) is 0 Å². The number of nitrogens with zero attached hydrogens (tertiary/aromatic N) is 2. The van der Waals surface area contributed by atoms with Gasteiger partial charge >= 0.3 is 0 Å². The van der Waals surface area contributed by atoms with Crippen molar-refractivity contribution in [3.8, 4) is 11.9 Å². The Morgan fingerprint density at radius 2 is 2.14 bits per heavy atom. The molecule has 0 amide bonds. The summed E-state index contributed by atoms with van der Waals surface area (Å²) in [5.74, 6) is 0.472. The van der Waals surface area contributed by atoms with Gasteiger partial charge in [0.1, 0.15) is 17.7 Å². The summed E-state index contributed by atoms with van der Waals surface area (Å²) in [6.45, 7) is 2.96. The molecule has 0 radical (unpaired) electrons. The number of nitrogens with one attached hydrogen (secondary N) is 1. The Labute approximate surface area is 131 Å². The minimum atomic E-state index is 0.166. The standard InChI is InChI=1S/C17H23N3O2/c1-12-9-15(11-21-12)20-14-4-6-16(7-5-14)22-17-13(10-18)3-2-8-19-17/h2-3,8,12,14-16,20H,4-7,9,11H2,1H3. The molecule has 1 saturated carbocycles. The van der Waals surface area contributed by atoms with Crippen molar-refractivity contribution < 1.29 is 9.47 Å². The van der Waals surface area contributed by atoms with Gasteiger partial charge in [-0.2, -0.15) is 5.26 Å². The molecule has 1 aliphatic heterocycles. The first kappa shape index (κ1) is 15.3. The van der Waals surface area contributed by atoms with Crippen molar-refractivity contribution in [1.29, 1.82) is 5.26 Å². The lowest BCUT2D eigenvalue weighted by Crippen LogP contribution is -2.42. The fraction of sp³-hybridized carbons (Fsp3) is 0.647. The van der Waals surface area contributed by atoms with Crippen LogP contribution in [0.25, 0.3) is 0 Å². The van der Waals surface area contributed by atoms with E-state index in [1.165, 1.54) is 0 Å². The van der Waals surface area contributed by atoms with Crippen LogP contribution >= 0.6 is 0 Å². The van der Waals surface area contributed by atoms with Crippen molar-refractivity contribution >= 4 is 0 Å². The highest BCUT2D eigenvalue weighted by atomic mass is 16.5. The van der Waals surface area contributed by atoms with Gasteiger partial charge in [-0.25, -0.2) is 4.98 Å². The number of hydrogen-bond acceptors (Lipinski definition) is 5. The molecule has 118 valence electrons. The number of ether oxygens (including phenoxy) is 2. The van der Waals surface area contributed by atoms with E-state index in [0.717, 1.165) is 38.7 Å². The van der Waals surface area contributed by atoms with E-state index in [-0.39, 0.29) is 6.10 Å². The molecule has 1 saturated heterocycles. The third kappa shape index (κ3) is 3.76. The summed E-state index contributed by atoms with van der Waals surface area (Å²) in [5, 5.41) is 12.8. The Hall–Kier alpha value is -1.64. The fourth-order valence-corrected chi connectivity index (χ4v) is 3.34. The first-order chi connectivity index (χ1) is 10.7. The summed E-state index contributed by atoms with van der Waals surface area (Å²) in [4.78, 5) is 4.18. The van der Waals surface area contributed by atoms with E-state index >= 15 is 0 Å². The van der Waals surface area contributed by atoms with Crippen LogP contribution in [0.3, 0.4) is 0 Å². The average molecular weight is 301 g/mol. The molecule has 2 fully saturated rings. The van der Waals surface area contributed by atoms with Gasteiger partial charge in [-0.15, -0.1) is 0 Å². The molecule has 0 bridgehead atoms. The number of hydrogen-bond donors (Lipinski definition) is 1. The van der Waals surface area contributed by atoms with Crippen molar-refractivity contribution in [2.75, 3.05) is 6.61 Å². The molecule has 1 aromatic rings. The molecule has 5 nitrogen and oxygen atoms in total. The maximum absolute atomic E-state index is 9.08. The third-order valence-electron chi connectivity index (χ3n) is 4.51. The summed E-state index contributed by atoms with van der Waals surface area (Å²) >= 11 is 0. The van der Waals surface area contributed by atoms with Crippen LogP contribution in [-0.4, -0.2) is 35.9 Å². The van der Waals surface area contributed by atoms with Crippen molar-refractivity contribution in [2.24, 2.45) is 0 Å². The Kier molecular flexibility index (Phi) is 4.91. The number of pyridine rings is 1. The number of aromatic nitrogens is 1. The second-order valence-electron chi connectivity index (χ2n) is 6.30. The highest BCUT2D eigenvalue weighted by Gasteiger charge is 2.28. The highest BCUT2D eigenvalue weighted by Crippen LogP contribution is 2.25. The number of rotatable bonds is 4. The Bertz CT molecular complexity index is 535. The van der Waals surface area contributed by atoms with Crippen LogP contribution in [0.5, 0.6) is 5.88 Å². The molecule has 2 unspecified atom stereocenters. The molecular weight excluding hydrogens is 278 g/mol. The predicted octanol–water partition coefficient (Wildman–Crippen LogP) is 2.41. The van der Waals surface area contributed by atoms with Gasteiger partial charge in [0.15, 0.2) is 0 Å². The minimum Gasteiger partial charge on any atom is -0.473 e. The summed E-state index contributed by atoms with van der Waals surface area (Å²) in [6, 6.07) is 6.69. The quantitative estimate of drug-likeness (QED) is 0.925. The molecular formula is C17H23N3O2. The molecule has 2 aliphatic rings. The van der Waals surface area contributed by atoms with E-state index in [4.69, 9.17) is 14.7 Å². The van der Waals surface area contributed by atoms with Crippen molar-refractivity contribution in [3.05, 3.63) is 23.9 Å². The summed E-state index contributed by atoms with van der Waals surface area (Å²) in [6.07, 6.45) is 7.53. The smallest absolute Gasteiger partial charge is 0.231 e. The van der Waals surface area contributed by atoms with Crippen LogP contribution < -0.4 is 10.1 Å². The molecule has 5 heteroatoms. The minimum absolute atomic E-state index is 0.166. The Morgan fingerprint density at radius 1 is 1.32 bits per heavy atom. The van der Waals surface area contributed by atoms with Gasteiger partial charge in [-0.1, -0.05) is 0 Å². The van der Waals surface area contributed by atoms with Gasteiger partial charge in [0, 0.05) is 18.3 Å². The largest absolute Gasteiger partial charge is 0.473 e. The van der Waals surface area contributed by atoms with Gasteiger partial charge < -0.3 is 14.8 Å². The molecule has 0 aromatic carbocycles. The zero-order valence-corrected chi connectivity index (χ0v) is 13.0. The van der Waals surface area contributed by atoms with Gasteiger partial charge in [0.2, 0.25) is 5.88 Å². The topological polar surface area (TPSA) is 67.2 Å². The molecule has 1 aromatic heterocycles. The van der Waals surface area contributed by atoms with Crippen LogP contribution in [0.15, 0.2) is 18.3 Å². The zero-order chi connectivity index (χ0) is 15.4. The molecule has 2 atom stereocenters. The first-order valence-electron chi connectivity index (χ1n) is 8.14. The summed E-state index contributed by atoms with van der Waals surface area (Å²) in [7, 11) is 0. The molecule has 1 N–H and O–H groups in total. The molecule has 1 aliphatic carbocycles. The summed E-state index contributed by atoms with van der Waals surface area (Å²) in [5.41, 5.74) is 0.514. The Morgan fingerprint density at radius 3 is 2.82 bits per heavy atom.